The molecule has 1 saturated carbocycles. The molecule has 1 heterocycles. The van der Waals surface area contributed by atoms with Crippen LogP contribution in [0.15, 0.2) is 24.3 Å². The maximum absolute atomic E-state index is 13.0. The van der Waals surface area contributed by atoms with Gasteiger partial charge in [-0.15, -0.1) is 0 Å². The Hall–Kier alpha value is -2.70. The van der Waals surface area contributed by atoms with Gasteiger partial charge < -0.3 is 10.6 Å². The molecule has 0 unspecified atom stereocenters. The number of ketones is 1. The van der Waals surface area contributed by atoms with Crippen molar-refractivity contribution in [1.82, 2.24) is 10.2 Å². The molecule has 1 aromatic carbocycles. The summed E-state index contributed by atoms with van der Waals surface area (Å²) in [5.41, 5.74) is 0.0951. The number of nitrogens with one attached hydrogen (secondary N) is 2. The van der Waals surface area contributed by atoms with Gasteiger partial charge in [0, 0.05) is 17.7 Å². The first-order chi connectivity index (χ1) is 14.8. The van der Waals surface area contributed by atoms with Crippen molar-refractivity contribution in [2.75, 3.05) is 11.9 Å². The van der Waals surface area contributed by atoms with Crippen LogP contribution in [0.1, 0.15) is 82.0 Å². The highest BCUT2D eigenvalue weighted by Crippen LogP contribution is 2.36. The normalized spacial score (nSPS) is 21.8. The first kappa shape index (κ1) is 23.0. The predicted molar refractivity (Wildman–Crippen MR) is 119 cm³/mol. The van der Waals surface area contributed by atoms with E-state index in [1.165, 1.54) is 0 Å². The van der Waals surface area contributed by atoms with Crippen molar-refractivity contribution in [1.29, 1.82) is 0 Å². The van der Waals surface area contributed by atoms with Gasteiger partial charge in [0.25, 0.3) is 5.91 Å². The van der Waals surface area contributed by atoms with Crippen LogP contribution in [0, 0.1) is 5.92 Å². The highest BCUT2D eigenvalue weighted by molar-refractivity contribution is 6.11. The van der Waals surface area contributed by atoms with Crippen LogP contribution in [0.4, 0.5) is 10.5 Å². The molecule has 0 radical (unpaired) electrons. The van der Waals surface area contributed by atoms with Gasteiger partial charge in [-0.3, -0.25) is 19.3 Å². The summed E-state index contributed by atoms with van der Waals surface area (Å²) < 4.78 is 0. The van der Waals surface area contributed by atoms with E-state index in [9.17, 15) is 19.2 Å². The summed E-state index contributed by atoms with van der Waals surface area (Å²) in [7, 11) is 0. The van der Waals surface area contributed by atoms with Gasteiger partial charge in [0.2, 0.25) is 5.91 Å². The lowest BCUT2D eigenvalue weighted by molar-refractivity contribution is -0.132. The molecule has 1 saturated heterocycles. The van der Waals surface area contributed by atoms with Gasteiger partial charge in [0.1, 0.15) is 5.54 Å². The van der Waals surface area contributed by atoms with Crippen LogP contribution in [0.2, 0.25) is 0 Å². The highest BCUT2D eigenvalue weighted by Gasteiger charge is 2.52. The molecule has 7 nitrogen and oxygen atoms in total. The Morgan fingerprint density at radius 3 is 2.42 bits per heavy atom. The number of urea groups is 1. The quantitative estimate of drug-likeness (QED) is 0.349. The van der Waals surface area contributed by atoms with Crippen molar-refractivity contribution in [2.24, 2.45) is 5.92 Å². The van der Waals surface area contributed by atoms with Crippen LogP contribution < -0.4 is 10.6 Å². The fraction of sp³-hybridized carbons (Fsp3) is 0.583. The van der Waals surface area contributed by atoms with Gasteiger partial charge >= 0.3 is 6.03 Å². The summed E-state index contributed by atoms with van der Waals surface area (Å²) in [5, 5.41) is 5.67. The molecule has 7 heteroatoms. The Morgan fingerprint density at radius 2 is 1.77 bits per heavy atom. The number of anilines is 1. The monoisotopic (exact) mass is 427 g/mol. The van der Waals surface area contributed by atoms with E-state index in [-0.39, 0.29) is 30.1 Å². The van der Waals surface area contributed by atoms with Crippen LogP contribution in [0.25, 0.3) is 0 Å². The molecule has 2 fully saturated rings. The fourth-order valence-electron chi connectivity index (χ4n) is 4.55. The van der Waals surface area contributed by atoms with Crippen molar-refractivity contribution in [3.05, 3.63) is 29.8 Å². The van der Waals surface area contributed by atoms with E-state index in [0.29, 0.717) is 17.7 Å². The first-order valence-electron chi connectivity index (χ1n) is 11.4. The Labute approximate surface area is 183 Å². The second-order valence-corrected chi connectivity index (χ2v) is 8.86. The van der Waals surface area contributed by atoms with E-state index in [0.717, 1.165) is 56.3 Å². The van der Waals surface area contributed by atoms with E-state index < -0.39 is 11.6 Å². The van der Waals surface area contributed by atoms with E-state index in [4.69, 9.17) is 0 Å². The molecule has 0 aromatic heterocycles. The molecular formula is C24H33N3O4. The van der Waals surface area contributed by atoms with Crippen LogP contribution in [0.3, 0.4) is 0 Å². The molecule has 2 N–H and O–H groups in total. The van der Waals surface area contributed by atoms with Crippen LogP contribution >= 0.6 is 0 Å². The number of carbonyl (C=O) groups excluding carboxylic acids is 4. The lowest BCUT2D eigenvalue weighted by Crippen LogP contribution is -2.51. The maximum atomic E-state index is 13.0. The minimum absolute atomic E-state index is 0.0474. The maximum Gasteiger partial charge on any atom is 0.325 e. The lowest BCUT2D eigenvalue weighted by Gasteiger charge is -2.34. The molecule has 0 bridgehead atoms. The Balaban J connectivity index is 1.59. The molecular weight excluding hydrogens is 394 g/mol. The van der Waals surface area contributed by atoms with E-state index in [2.05, 4.69) is 17.6 Å². The number of Topliss-reactive ketones (excluding diaryl/α,β-unsaturated/α-hetero) is 1. The summed E-state index contributed by atoms with van der Waals surface area (Å²) in [6.45, 7) is 3.59. The van der Waals surface area contributed by atoms with Gasteiger partial charge in [-0.2, -0.15) is 0 Å². The highest BCUT2D eigenvalue weighted by atomic mass is 16.2. The van der Waals surface area contributed by atoms with Crippen LogP contribution in [0.5, 0.6) is 0 Å². The molecule has 168 valence electrons. The third-order valence-electron chi connectivity index (χ3n) is 6.52. The summed E-state index contributed by atoms with van der Waals surface area (Å²) >= 11 is 0. The zero-order chi connectivity index (χ0) is 22.4. The predicted octanol–water partition coefficient (Wildman–Crippen LogP) is 4.28. The summed E-state index contributed by atoms with van der Waals surface area (Å²) in [4.78, 5) is 51.2. The Morgan fingerprint density at radius 1 is 1.10 bits per heavy atom. The molecule has 1 aliphatic heterocycles. The van der Waals surface area contributed by atoms with Gasteiger partial charge in [0.15, 0.2) is 5.78 Å². The number of unbranched alkanes of at least 4 members (excludes halogenated alkanes) is 2. The molecule has 2 aliphatic rings. The number of benzene rings is 1. The topological polar surface area (TPSA) is 95.6 Å². The fourth-order valence-corrected chi connectivity index (χ4v) is 4.55. The second-order valence-electron chi connectivity index (χ2n) is 8.86. The number of rotatable bonds is 9. The van der Waals surface area contributed by atoms with Gasteiger partial charge in [0.05, 0.1) is 6.54 Å². The molecule has 3 rings (SSSR count). The second kappa shape index (κ2) is 10.1. The van der Waals surface area contributed by atoms with E-state index in [1.807, 2.05) is 0 Å². The number of carbonyl (C=O) groups is 4. The SMILES string of the molecule is CCCCCC(=O)Nc1ccc(C(=O)CN2C(=O)N[C@](C)(C3CCCCC3)C2=O)cc1. The number of hydrogen-bond acceptors (Lipinski definition) is 4. The number of imide groups is 1. The zero-order valence-electron chi connectivity index (χ0n) is 18.5. The summed E-state index contributed by atoms with van der Waals surface area (Å²) in [6, 6.07) is 6.07. The molecule has 31 heavy (non-hydrogen) atoms. The van der Waals surface area contributed by atoms with Crippen molar-refractivity contribution >= 4 is 29.3 Å². The van der Waals surface area contributed by atoms with Crippen molar-refractivity contribution in [3.8, 4) is 0 Å². The van der Waals surface area contributed by atoms with Gasteiger partial charge in [-0.25, -0.2) is 4.79 Å². The van der Waals surface area contributed by atoms with Gasteiger partial charge in [-0.1, -0.05) is 39.0 Å². The van der Waals surface area contributed by atoms with Gasteiger partial charge in [-0.05, 0) is 56.4 Å². The Bertz CT molecular complexity index is 830. The summed E-state index contributed by atoms with van der Waals surface area (Å²) in [5.74, 6) is -0.558. The van der Waals surface area contributed by atoms with Crippen LogP contribution in [-0.4, -0.2) is 40.6 Å². The standard InChI is InChI=1S/C24H33N3O4/c1-3-4-6-11-21(29)25-19-14-12-17(13-15-19)20(28)16-27-22(30)24(2,26-23(27)31)18-9-7-5-8-10-18/h12-15,18H,3-11,16H2,1-2H3,(H,25,29)(H,26,31)/t24-/m1/s1. The molecule has 1 aromatic rings. The third kappa shape index (κ3) is 5.32. The Kier molecular flexibility index (Phi) is 7.46. The molecule has 1 atom stereocenters. The average Bonchev–Trinajstić information content (AvgIpc) is 2.99. The smallest absolute Gasteiger partial charge is 0.325 e. The van der Waals surface area contributed by atoms with Crippen LogP contribution in [-0.2, 0) is 9.59 Å². The van der Waals surface area contributed by atoms with Crippen molar-refractivity contribution < 1.29 is 19.2 Å². The lowest BCUT2D eigenvalue weighted by atomic mass is 9.75. The minimum Gasteiger partial charge on any atom is -0.326 e. The van der Waals surface area contributed by atoms with E-state index in [1.54, 1.807) is 31.2 Å². The third-order valence-corrected chi connectivity index (χ3v) is 6.52. The number of amides is 4. The molecule has 1 aliphatic carbocycles. The summed E-state index contributed by atoms with van der Waals surface area (Å²) in [6.07, 6.45) is 8.50. The number of hydrogen-bond donors (Lipinski definition) is 2. The minimum atomic E-state index is -0.927. The zero-order valence-corrected chi connectivity index (χ0v) is 18.5. The molecule has 4 amide bonds. The van der Waals surface area contributed by atoms with Crippen molar-refractivity contribution in [3.63, 3.8) is 0 Å². The van der Waals surface area contributed by atoms with Crippen molar-refractivity contribution in [2.45, 2.75) is 77.2 Å². The first-order valence-corrected chi connectivity index (χ1v) is 11.4. The number of nitrogens with zero attached hydrogens (tertiary/aromatic N) is 1. The largest absolute Gasteiger partial charge is 0.326 e. The average molecular weight is 428 g/mol. The molecule has 0 spiro atoms. The van der Waals surface area contributed by atoms with E-state index >= 15 is 0 Å².